The van der Waals surface area contributed by atoms with Crippen LogP contribution in [0.4, 0.5) is 13.2 Å². The molecule has 0 bridgehead atoms. The second-order valence-corrected chi connectivity index (χ2v) is 10.2. The van der Waals surface area contributed by atoms with E-state index in [4.69, 9.17) is 5.11 Å². The SMILES string of the molecule is O=C(O)CCNC(=O)c1ccc(C(=O)/C(=C/C(=O)c2ccccc2C(F)(F)F)c2ccc(C3CCCCC3)cc2)cc1. The van der Waals surface area contributed by atoms with E-state index < -0.39 is 40.7 Å². The number of carboxylic acid groups (broad SMARTS) is 1. The van der Waals surface area contributed by atoms with Crippen LogP contribution in [0.2, 0.25) is 0 Å². The van der Waals surface area contributed by atoms with Gasteiger partial charge in [-0.25, -0.2) is 0 Å². The standard InChI is InChI=1S/C33H30F3NO5/c34-33(35,36)28-9-5-4-8-26(28)29(38)20-27(23-12-10-22(11-13-23)21-6-2-1-3-7-21)31(41)24-14-16-25(17-15-24)32(42)37-19-18-30(39)40/h4-5,8-17,20-21H,1-3,6-7,18-19H2,(H,37,42)(H,39,40)/b27-20+. The van der Waals surface area contributed by atoms with E-state index in [1.54, 1.807) is 12.1 Å². The van der Waals surface area contributed by atoms with Crippen molar-refractivity contribution >= 4 is 29.0 Å². The van der Waals surface area contributed by atoms with Gasteiger partial charge in [-0.05, 0) is 54.2 Å². The minimum absolute atomic E-state index is 0.0693. The second kappa shape index (κ2) is 13.4. The van der Waals surface area contributed by atoms with Gasteiger partial charge in [0.1, 0.15) is 0 Å². The Balaban J connectivity index is 1.67. The third-order valence-corrected chi connectivity index (χ3v) is 7.35. The van der Waals surface area contributed by atoms with E-state index in [0.717, 1.165) is 49.5 Å². The molecule has 3 aromatic carbocycles. The van der Waals surface area contributed by atoms with Gasteiger partial charge in [-0.3, -0.25) is 19.2 Å². The fraction of sp³-hybridized carbons (Fsp3) is 0.273. The number of halogens is 3. The zero-order valence-corrected chi connectivity index (χ0v) is 22.7. The van der Waals surface area contributed by atoms with Gasteiger partial charge in [0, 0.05) is 28.8 Å². The summed E-state index contributed by atoms with van der Waals surface area (Å²) in [6.07, 6.45) is 1.52. The summed E-state index contributed by atoms with van der Waals surface area (Å²) in [5.74, 6) is -2.75. The van der Waals surface area contributed by atoms with Crippen LogP contribution in [0.1, 0.15) is 92.2 Å². The Morgan fingerprint density at radius 1 is 0.810 bits per heavy atom. The first kappa shape index (κ1) is 30.4. The molecule has 1 fully saturated rings. The lowest BCUT2D eigenvalue weighted by Crippen LogP contribution is -2.26. The number of allylic oxidation sites excluding steroid dienone is 2. The summed E-state index contributed by atoms with van der Waals surface area (Å²) in [5, 5.41) is 11.2. The number of alkyl halides is 3. The number of aliphatic carboxylic acids is 1. The minimum atomic E-state index is -4.76. The second-order valence-electron chi connectivity index (χ2n) is 10.2. The number of amides is 1. The molecule has 218 valence electrons. The number of carbonyl (C=O) groups is 4. The summed E-state index contributed by atoms with van der Waals surface area (Å²) >= 11 is 0. The fourth-order valence-corrected chi connectivity index (χ4v) is 5.12. The molecule has 0 atom stereocenters. The number of nitrogens with one attached hydrogen (secondary N) is 1. The number of hydrogen-bond donors (Lipinski definition) is 2. The van der Waals surface area contributed by atoms with Gasteiger partial charge in [-0.1, -0.05) is 73.9 Å². The number of hydrogen-bond acceptors (Lipinski definition) is 4. The molecule has 3 aromatic rings. The van der Waals surface area contributed by atoms with Crippen LogP contribution in [0, 0.1) is 0 Å². The largest absolute Gasteiger partial charge is 0.481 e. The van der Waals surface area contributed by atoms with Crippen LogP contribution in [-0.2, 0) is 11.0 Å². The highest BCUT2D eigenvalue weighted by Crippen LogP contribution is 2.35. The molecule has 1 saturated carbocycles. The molecule has 6 nitrogen and oxygen atoms in total. The average molecular weight is 578 g/mol. The van der Waals surface area contributed by atoms with Gasteiger partial charge in [0.05, 0.1) is 12.0 Å². The predicted molar refractivity (Wildman–Crippen MR) is 151 cm³/mol. The van der Waals surface area contributed by atoms with Crippen molar-refractivity contribution in [3.05, 3.63) is 112 Å². The van der Waals surface area contributed by atoms with Gasteiger partial charge in [0.25, 0.3) is 5.91 Å². The molecule has 0 radical (unpaired) electrons. The third kappa shape index (κ3) is 7.60. The zero-order valence-electron chi connectivity index (χ0n) is 22.7. The van der Waals surface area contributed by atoms with Gasteiger partial charge in [-0.2, -0.15) is 13.2 Å². The van der Waals surface area contributed by atoms with Crippen LogP contribution in [-0.4, -0.2) is 35.1 Å². The molecule has 0 aromatic heterocycles. The number of rotatable bonds is 10. The maximum Gasteiger partial charge on any atom is 0.417 e. The first-order valence-electron chi connectivity index (χ1n) is 13.7. The summed E-state index contributed by atoms with van der Waals surface area (Å²) in [4.78, 5) is 49.9. The third-order valence-electron chi connectivity index (χ3n) is 7.35. The Morgan fingerprint density at radius 3 is 2.02 bits per heavy atom. The van der Waals surface area contributed by atoms with Crippen molar-refractivity contribution in [2.24, 2.45) is 0 Å². The number of carboxylic acids is 1. The molecule has 1 amide bonds. The Labute approximate surface area is 241 Å². The highest BCUT2D eigenvalue weighted by molar-refractivity contribution is 6.33. The number of carbonyl (C=O) groups excluding carboxylic acids is 3. The van der Waals surface area contributed by atoms with Gasteiger partial charge in [0.2, 0.25) is 0 Å². The number of benzene rings is 3. The maximum absolute atomic E-state index is 13.7. The molecule has 42 heavy (non-hydrogen) atoms. The van der Waals surface area contributed by atoms with Gasteiger partial charge in [-0.15, -0.1) is 0 Å². The molecule has 1 aliphatic rings. The molecule has 2 N–H and O–H groups in total. The summed E-state index contributed by atoms with van der Waals surface area (Å²) < 4.78 is 40.9. The predicted octanol–water partition coefficient (Wildman–Crippen LogP) is 7.11. The van der Waals surface area contributed by atoms with Gasteiger partial charge in [0.15, 0.2) is 11.6 Å². The van der Waals surface area contributed by atoms with Crippen LogP contribution >= 0.6 is 0 Å². The lowest BCUT2D eigenvalue weighted by molar-refractivity contribution is -0.138. The summed E-state index contributed by atoms with van der Waals surface area (Å²) in [6, 6.07) is 17.2. The Hall–Kier alpha value is -4.53. The van der Waals surface area contributed by atoms with E-state index in [1.165, 1.54) is 42.8 Å². The lowest BCUT2D eigenvalue weighted by atomic mass is 9.83. The highest BCUT2D eigenvalue weighted by Gasteiger charge is 2.34. The average Bonchev–Trinajstić information content (AvgIpc) is 2.99. The Morgan fingerprint density at radius 2 is 1.40 bits per heavy atom. The van der Waals surface area contributed by atoms with Gasteiger partial charge < -0.3 is 10.4 Å². The summed E-state index contributed by atoms with van der Waals surface area (Å²) in [6.45, 7) is -0.0693. The minimum Gasteiger partial charge on any atom is -0.481 e. The molecule has 0 unspecified atom stereocenters. The summed E-state index contributed by atoms with van der Waals surface area (Å²) in [5.41, 5.74) is 0.0634. The van der Waals surface area contributed by atoms with Crippen molar-refractivity contribution in [3.63, 3.8) is 0 Å². The van der Waals surface area contributed by atoms with Crippen molar-refractivity contribution < 1.29 is 37.5 Å². The monoisotopic (exact) mass is 577 g/mol. The van der Waals surface area contributed by atoms with Crippen LogP contribution in [0.3, 0.4) is 0 Å². The molecule has 0 aliphatic heterocycles. The van der Waals surface area contributed by atoms with E-state index in [2.05, 4.69) is 5.32 Å². The molecular weight excluding hydrogens is 547 g/mol. The molecule has 9 heteroatoms. The van der Waals surface area contributed by atoms with Crippen LogP contribution in [0.15, 0.2) is 78.9 Å². The molecular formula is C33H30F3NO5. The number of Topliss-reactive ketones (excluding diaryl/α,β-unsaturated/α-hetero) is 1. The first-order chi connectivity index (χ1) is 20.0. The van der Waals surface area contributed by atoms with Crippen LogP contribution in [0.5, 0.6) is 0 Å². The highest BCUT2D eigenvalue weighted by atomic mass is 19.4. The van der Waals surface area contributed by atoms with Crippen molar-refractivity contribution in [1.29, 1.82) is 0 Å². The molecule has 4 rings (SSSR count). The fourth-order valence-electron chi connectivity index (χ4n) is 5.12. The van der Waals surface area contributed by atoms with Crippen LogP contribution in [0.25, 0.3) is 5.57 Å². The van der Waals surface area contributed by atoms with E-state index in [0.29, 0.717) is 11.5 Å². The Kier molecular flexibility index (Phi) is 9.72. The first-order valence-corrected chi connectivity index (χ1v) is 13.7. The van der Waals surface area contributed by atoms with Crippen molar-refractivity contribution in [3.8, 4) is 0 Å². The van der Waals surface area contributed by atoms with E-state index in [9.17, 15) is 32.3 Å². The van der Waals surface area contributed by atoms with E-state index in [1.807, 2.05) is 12.1 Å². The van der Waals surface area contributed by atoms with Crippen molar-refractivity contribution in [2.75, 3.05) is 6.54 Å². The quantitative estimate of drug-likeness (QED) is 0.198. The van der Waals surface area contributed by atoms with E-state index >= 15 is 0 Å². The molecule has 0 spiro atoms. The van der Waals surface area contributed by atoms with Crippen LogP contribution < -0.4 is 5.32 Å². The zero-order chi connectivity index (χ0) is 30.3. The van der Waals surface area contributed by atoms with E-state index in [-0.39, 0.29) is 29.7 Å². The molecule has 0 heterocycles. The van der Waals surface area contributed by atoms with Gasteiger partial charge >= 0.3 is 12.1 Å². The number of ketones is 2. The molecule has 0 saturated heterocycles. The topological polar surface area (TPSA) is 101 Å². The smallest absolute Gasteiger partial charge is 0.417 e. The normalized spacial score (nSPS) is 14.3. The maximum atomic E-state index is 13.7. The Bertz CT molecular complexity index is 1490. The van der Waals surface area contributed by atoms with Crippen molar-refractivity contribution in [2.45, 2.75) is 50.6 Å². The van der Waals surface area contributed by atoms with Crippen molar-refractivity contribution in [1.82, 2.24) is 5.32 Å². The summed E-state index contributed by atoms with van der Waals surface area (Å²) in [7, 11) is 0. The lowest BCUT2D eigenvalue weighted by Gasteiger charge is -2.22. The molecule has 1 aliphatic carbocycles.